The Morgan fingerprint density at radius 3 is 1.73 bits per heavy atom. The Bertz CT molecular complexity index is 720. The summed E-state index contributed by atoms with van der Waals surface area (Å²) in [6, 6.07) is 16.7. The molecule has 136 valence electrons. The van der Waals surface area contributed by atoms with Crippen molar-refractivity contribution in [1.29, 1.82) is 0 Å². The Kier molecular flexibility index (Phi) is 5.49. The highest BCUT2D eigenvalue weighted by molar-refractivity contribution is 7.33. The fourth-order valence-electron chi connectivity index (χ4n) is 3.76. The van der Waals surface area contributed by atoms with Gasteiger partial charge in [0.05, 0.1) is 0 Å². The predicted octanol–water partition coefficient (Wildman–Crippen LogP) is 4.50. The van der Waals surface area contributed by atoms with Crippen LogP contribution >= 0.6 is 8.25 Å². The molecule has 0 atom stereocenters. The molecule has 2 aromatic carbocycles. The molecule has 6 heteroatoms. The van der Waals surface area contributed by atoms with Crippen molar-refractivity contribution in [3.05, 3.63) is 59.7 Å². The third-order valence-corrected chi connectivity index (χ3v) is 5.70. The molecule has 0 spiro atoms. The second-order valence-electron chi connectivity index (χ2n) is 6.73. The van der Waals surface area contributed by atoms with Crippen LogP contribution < -0.4 is 9.80 Å². The molecule has 0 amide bonds. The summed E-state index contributed by atoms with van der Waals surface area (Å²) in [6.45, 7) is 2.42. The molecule has 2 aliphatic heterocycles. The Balaban J connectivity index is 1.29. The van der Waals surface area contributed by atoms with Gasteiger partial charge in [0.25, 0.3) is 0 Å². The summed E-state index contributed by atoms with van der Waals surface area (Å²) >= 11 is 0. The predicted molar refractivity (Wildman–Crippen MR) is 104 cm³/mol. The van der Waals surface area contributed by atoms with E-state index in [-0.39, 0.29) is 0 Å². The maximum absolute atomic E-state index is 12.2. The van der Waals surface area contributed by atoms with Gasteiger partial charge in [-0.2, -0.15) is 0 Å². The smallest absolute Gasteiger partial charge is 0.344 e. The SMILES string of the molecule is O=[P+](OCN1CCCc2ccccc21)OCN1CCCc2ccccc21. The van der Waals surface area contributed by atoms with Crippen molar-refractivity contribution in [2.45, 2.75) is 25.7 Å². The summed E-state index contributed by atoms with van der Waals surface area (Å²) in [5.41, 5.74) is 4.99. The number of aryl methyl sites for hydroxylation is 2. The number of para-hydroxylation sites is 2. The van der Waals surface area contributed by atoms with Crippen LogP contribution in [0.1, 0.15) is 24.0 Å². The van der Waals surface area contributed by atoms with Crippen LogP contribution in [0.25, 0.3) is 0 Å². The van der Waals surface area contributed by atoms with Gasteiger partial charge < -0.3 is 9.80 Å². The van der Waals surface area contributed by atoms with Gasteiger partial charge in [0, 0.05) is 29.0 Å². The van der Waals surface area contributed by atoms with Gasteiger partial charge >= 0.3 is 8.25 Å². The first-order valence-corrected chi connectivity index (χ1v) is 10.3. The summed E-state index contributed by atoms with van der Waals surface area (Å²) in [4.78, 5) is 4.26. The topological polar surface area (TPSA) is 42.0 Å². The highest BCUT2D eigenvalue weighted by Gasteiger charge is 2.27. The molecule has 0 radical (unpaired) electrons. The third kappa shape index (κ3) is 3.90. The Hall–Kier alpha value is -1.94. The van der Waals surface area contributed by atoms with E-state index in [0.717, 1.165) is 38.8 Å². The van der Waals surface area contributed by atoms with Crippen molar-refractivity contribution in [2.24, 2.45) is 0 Å². The molecule has 4 rings (SSSR count). The zero-order valence-electron chi connectivity index (χ0n) is 14.8. The van der Waals surface area contributed by atoms with Gasteiger partial charge in [0.2, 0.25) is 0 Å². The van der Waals surface area contributed by atoms with E-state index in [2.05, 4.69) is 46.2 Å². The molecule has 5 nitrogen and oxygen atoms in total. The molecule has 0 aromatic heterocycles. The van der Waals surface area contributed by atoms with E-state index in [1.807, 2.05) is 12.1 Å². The average Bonchev–Trinajstić information content (AvgIpc) is 2.70. The molecule has 0 bridgehead atoms. The number of nitrogens with zero attached hydrogens (tertiary/aromatic N) is 2. The molecular weight excluding hydrogens is 347 g/mol. The summed E-state index contributed by atoms with van der Waals surface area (Å²) in [6.07, 6.45) is 4.35. The van der Waals surface area contributed by atoms with Crippen LogP contribution in [-0.4, -0.2) is 26.6 Å². The maximum atomic E-state index is 12.2. The summed E-state index contributed by atoms with van der Waals surface area (Å²) in [5, 5.41) is 0. The van der Waals surface area contributed by atoms with E-state index in [0.29, 0.717) is 13.5 Å². The number of hydrogen-bond donors (Lipinski definition) is 0. The fourth-order valence-corrected chi connectivity index (χ4v) is 4.30. The first-order valence-electron chi connectivity index (χ1n) is 9.20. The summed E-state index contributed by atoms with van der Waals surface area (Å²) < 4.78 is 23.2. The van der Waals surface area contributed by atoms with Gasteiger partial charge in [-0.05, 0) is 48.9 Å². The van der Waals surface area contributed by atoms with Crippen LogP contribution in [0.15, 0.2) is 48.5 Å². The van der Waals surface area contributed by atoms with E-state index in [1.165, 1.54) is 22.5 Å². The minimum absolute atomic E-state index is 0.294. The zero-order valence-corrected chi connectivity index (χ0v) is 15.7. The molecule has 0 aliphatic carbocycles. The minimum atomic E-state index is -2.14. The van der Waals surface area contributed by atoms with E-state index >= 15 is 0 Å². The molecule has 2 aromatic rings. The average molecular weight is 371 g/mol. The first-order chi connectivity index (χ1) is 12.8. The van der Waals surface area contributed by atoms with E-state index in [9.17, 15) is 4.57 Å². The molecule has 2 heterocycles. The van der Waals surface area contributed by atoms with Crippen LogP contribution in [0.4, 0.5) is 11.4 Å². The van der Waals surface area contributed by atoms with Crippen LogP contribution in [0.5, 0.6) is 0 Å². The molecule has 0 saturated carbocycles. The monoisotopic (exact) mass is 371 g/mol. The van der Waals surface area contributed by atoms with Crippen molar-refractivity contribution >= 4 is 19.6 Å². The Labute approximate surface area is 155 Å². The van der Waals surface area contributed by atoms with Crippen molar-refractivity contribution in [3.63, 3.8) is 0 Å². The lowest BCUT2D eigenvalue weighted by molar-refractivity contribution is 0.222. The van der Waals surface area contributed by atoms with Crippen LogP contribution in [0.2, 0.25) is 0 Å². The zero-order chi connectivity index (χ0) is 17.8. The highest BCUT2D eigenvalue weighted by atomic mass is 31.1. The summed E-state index contributed by atoms with van der Waals surface area (Å²) in [7, 11) is -2.14. The quantitative estimate of drug-likeness (QED) is 0.700. The van der Waals surface area contributed by atoms with E-state index < -0.39 is 8.25 Å². The fraction of sp³-hybridized carbons (Fsp3) is 0.400. The van der Waals surface area contributed by atoms with Gasteiger partial charge in [0.1, 0.15) is 0 Å². The van der Waals surface area contributed by atoms with E-state index in [1.54, 1.807) is 0 Å². The standard InChI is InChI=1S/C20H24N2O3P/c23-26(24-15-21-13-5-9-17-7-1-3-11-19(17)21)25-16-22-14-6-10-18-8-2-4-12-20(18)22/h1-4,7-8,11-12H,5-6,9-10,13-16H2/q+1. The second-order valence-corrected chi connectivity index (χ2v) is 7.70. The maximum Gasteiger partial charge on any atom is 0.701 e. The second kappa shape index (κ2) is 8.17. The minimum Gasteiger partial charge on any atom is -0.344 e. The Morgan fingerprint density at radius 1 is 0.769 bits per heavy atom. The molecular formula is C20H24N2O3P+. The van der Waals surface area contributed by atoms with Crippen LogP contribution in [0.3, 0.4) is 0 Å². The molecule has 0 fully saturated rings. The lowest BCUT2D eigenvalue weighted by Crippen LogP contribution is -2.32. The molecule has 2 aliphatic rings. The molecule has 0 saturated heterocycles. The van der Waals surface area contributed by atoms with Crippen molar-refractivity contribution < 1.29 is 13.6 Å². The molecule has 0 N–H and O–H groups in total. The molecule has 26 heavy (non-hydrogen) atoms. The number of benzene rings is 2. The third-order valence-electron chi connectivity index (χ3n) is 5.05. The summed E-state index contributed by atoms with van der Waals surface area (Å²) in [5.74, 6) is 0. The van der Waals surface area contributed by atoms with Gasteiger partial charge in [-0.3, -0.25) is 0 Å². The largest absolute Gasteiger partial charge is 0.701 e. The van der Waals surface area contributed by atoms with Gasteiger partial charge in [-0.15, -0.1) is 0 Å². The van der Waals surface area contributed by atoms with Gasteiger partial charge in [-0.25, -0.2) is 0 Å². The van der Waals surface area contributed by atoms with Crippen LogP contribution in [-0.2, 0) is 26.5 Å². The van der Waals surface area contributed by atoms with Crippen molar-refractivity contribution in [2.75, 3.05) is 36.4 Å². The lowest BCUT2D eigenvalue weighted by atomic mass is 10.0. The lowest BCUT2D eigenvalue weighted by Gasteiger charge is -2.29. The van der Waals surface area contributed by atoms with Crippen molar-refractivity contribution in [1.82, 2.24) is 0 Å². The van der Waals surface area contributed by atoms with Crippen LogP contribution in [0, 0.1) is 0 Å². The first kappa shape index (κ1) is 17.5. The number of rotatable bonds is 6. The Morgan fingerprint density at radius 2 is 1.23 bits per heavy atom. The highest BCUT2D eigenvalue weighted by Crippen LogP contribution is 2.32. The van der Waals surface area contributed by atoms with Crippen molar-refractivity contribution in [3.8, 4) is 0 Å². The van der Waals surface area contributed by atoms with Gasteiger partial charge in [0.15, 0.2) is 13.5 Å². The number of anilines is 2. The van der Waals surface area contributed by atoms with Gasteiger partial charge in [-0.1, -0.05) is 45.4 Å². The molecule has 0 unspecified atom stereocenters. The normalized spacial score (nSPS) is 16.2. The van der Waals surface area contributed by atoms with E-state index in [4.69, 9.17) is 9.05 Å². The number of hydrogen-bond acceptors (Lipinski definition) is 5. The number of fused-ring (bicyclic) bond motifs is 2.